The lowest BCUT2D eigenvalue weighted by molar-refractivity contribution is 0.0529. The van der Waals surface area contributed by atoms with Crippen LogP contribution in [0.3, 0.4) is 0 Å². The van der Waals surface area contributed by atoms with E-state index in [9.17, 15) is 4.79 Å². The third-order valence-electron chi connectivity index (χ3n) is 3.54. The topological polar surface area (TPSA) is 93.2 Å². The summed E-state index contributed by atoms with van der Waals surface area (Å²) >= 11 is 0. The number of methoxy groups -OCH3 is 1. The highest BCUT2D eigenvalue weighted by molar-refractivity contribution is 14.0. The van der Waals surface area contributed by atoms with Gasteiger partial charge in [-0.2, -0.15) is 0 Å². The van der Waals surface area contributed by atoms with Crippen molar-refractivity contribution in [3.8, 4) is 11.5 Å². The zero-order valence-electron chi connectivity index (χ0n) is 19.0. The Bertz CT molecular complexity index is 663. The molecule has 30 heavy (non-hydrogen) atoms. The Kier molecular flexibility index (Phi) is 14.0. The van der Waals surface area contributed by atoms with Gasteiger partial charge in [-0.3, -0.25) is 0 Å². The molecule has 1 aromatic rings. The van der Waals surface area contributed by atoms with E-state index in [0.29, 0.717) is 38.0 Å². The van der Waals surface area contributed by atoms with Crippen LogP contribution in [0.15, 0.2) is 23.2 Å². The fraction of sp³-hybridized carbons (Fsp3) is 0.619. The second kappa shape index (κ2) is 15.0. The predicted octanol–water partition coefficient (Wildman–Crippen LogP) is 3.68. The van der Waals surface area contributed by atoms with Crippen molar-refractivity contribution in [3.63, 3.8) is 0 Å². The number of rotatable bonds is 10. The minimum atomic E-state index is -0.508. The zero-order chi connectivity index (χ0) is 21.7. The number of hydrogen-bond donors (Lipinski definition) is 3. The number of carbonyl (C=O) groups excluding carboxylic acids is 1. The highest BCUT2D eigenvalue weighted by atomic mass is 127. The fourth-order valence-corrected chi connectivity index (χ4v) is 2.31. The first-order valence-corrected chi connectivity index (χ1v) is 10.1. The Morgan fingerprint density at radius 3 is 2.37 bits per heavy atom. The van der Waals surface area contributed by atoms with E-state index >= 15 is 0 Å². The Balaban J connectivity index is 0.00000841. The maximum atomic E-state index is 11.7. The number of halogens is 1. The number of carbonyl (C=O) groups is 1. The van der Waals surface area contributed by atoms with E-state index < -0.39 is 11.7 Å². The smallest absolute Gasteiger partial charge is 0.407 e. The predicted molar refractivity (Wildman–Crippen MR) is 131 cm³/mol. The molecule has 1 aromatic carbocycles. The third kappa shape index (κ3) is 11.9. The summed E-state index contributed by atoms with van der Waals surface area (Å²) < 4.78 is 16.3. The molecular formula is C21H37IN4O4. The molecule has 0 unspecified atom stereocenters. The van der Waals surface area contributed by atoms with E-state index in [1.807, 2.05) is 45.9 Å². The lowest BCUT2D eigenvalue weighted by Gasteiger charge is -2.20. The summed E-state index contributed by atoms with van der Waals surface area (Å²) in [6.45, 7) is 12.4. The highest BCUT2D eigenvalue weighted by Gasteiger charge is 2.15. The van der Waals surface area contributed by atoms with Gasteiger partial charge in [-0.15, -0.1) is 24.0 Å². The second-order valence-electron chi connectivity index (χ2n) is 7.38. The first-order valence-electron chi connectivity index (χ1n) is 10.1. The van der Waals surface area contributed by atoms with Gasteiger partial charge in [0.1, 0.15) is 5.60 Å². The van der Waals surface area contributed by atoms with E-state index in [0.717, 1.165) is 24.3 Å². The van der Waals surface area contributed by atoms with Crippen molar-refractivity contribution in [2.24, 2.45) is 4.99 Å². The number of amides is 1. The minimum Gasteiger partial charge on any atom is -0.493 e. The van der Waals surface area contributed by atoms with E-state index in [-0.39, 0.29) is 24.0 Å². The summed E-state index contributed by atoms with van der Waals surface area (Å²) in [7, 11) is 1.63. The first-order chi connectivity index (χ1) is 13.8. The van der Waals surface area contributed by atoms with Crippen LogP contribution in [0.1, 0.15) is 46.6 Å². The normalized spacial score (nSPS) is 11.2. The Hall–Kier alpha value is -1.91. The summed E-state index contributed by atoms with van der Waals surface area (Å²) in [5, 5.41) is 9.09. The molecule has 9 heteroatoms. The van der Waals surface area contributed by atoms with Gasteiger partial charge in [0.15, 0.2) is 17.5 Å². The largest absolute Gasteiger partial charge is 0.493 e. The number of benzene rings is 1. The Labute approximate surface area is 197 Å². The van der Waals surface area contributed by atoms with Gasteiger partial charge < -0.3 is 30.2 Å². The van der Waals surface area contributed by atoms with Gasteiger partial charge >= 0.3 is 6.09 Å². The van der Waals surface area contributed by atoms with Gasteiger partial charge in [-0.1, -0.05) is 13.0 Å². The fourth-order valence-electron chi connectivity index (χ4n) is 2.31. The molecule has 0 atom stereocenters. The Morgan fingerprint density at radius 2 is 1.77 bits per heavy atom. The molecule has 0 bridgehead atoms. The van der Waals surface area contributed by atoms with Gasteiger partial charge in [-0.05, 0) is 51.8 Å². The molecule has 0 radical (unpaired) electrons. The van der Waals surface area contributed by atoms with Crippen molar-refractivity contribution in [2.75, 3.05) is 33.4 Å². The monoisotopic (exact) mass is 536 g/mol. The van der Waals surface area contributed by atoms with E-state index in [4.69, 9.17) is 14.2 Å². The van der Waals surface area contributed by atoms with E-state index in [1.165, 1.54) is 0 Å². The quantitative estimate of drug-likeness (QED) is 0.183. The van der Waals surface area contributed by atoms with Crippen LogP contribution in [0.2, 0.25) is 0 Å². The average molecular weight is 536 g/mol. The first kappa shape index (κ1) is 28.1. The van der Waals surface area contributed by atoms with E-state index in [2.05, 4.69) is 27.9 Å². The molecule has 0 spiro atoms. The molecule has 0 saturated heterocycles. The number of nitrogens with one attached hydrogen (secondary N) is 3. The molecule has 3 N–H and O–H groups in total. The summed E-state index contributed by atoms with van der Waals surface area (Å²) in [6, 6.07) is 5.82. The summed E-state index contributed by atoms with van der Waals surface area (Å²) in [5.74, 6) is 2.11. The summed E-state index contributed by atoms with van der Waals surface area (Å²) in [4.78, 5) is 16.2. The number of aliphatic imine (C=N–C) groups is 1. The SMILES string of the molecule is CCCOc1ccc(CN=C(NCC)NCCNC(=O)OC(C)(C)C)cc1OC.I. The minimum absolute atomic E-state index is 0. The van der Waals surface area contributed by atoms with Gasteiger partial charge in [-0.25, -0.2) is 9.79 Å². The number of ether oxygens (including phenoxy) is 3. The van der Waals surface area contributed by atoms with Crippen molar-refractivity contribution in [1.82, 2.24) is 16.0 Å². The summed E-state index contributed by atoms with van der Waals surface area (Å²) in [6.07, 6.45) is 0.508. The summed E-state index contributed by atoms with van der Waals surface area (Å²) in [5.41, 5.74) is 0.501. The molecule has 1 rings (SSSR count). The van der Waals surface area contributed by atoms with Crippen LogP contribution in [-0.4, -0.2) is 51.0 Å². The lowest BCUT2D eigenvalue weighted by atomic mass is 10.2. The Morgan fingerprint density at radius 1 is 1.07 bits per heavy atom. The van der Waals surface area contributed by atoms with Gasteiger partial charge in [0.2, 0.25) is 0 Å². The number of hydrogen-bond acceptors (Lipinski definition) is 5. The average Bonchev–Trinajstić information content (AvgIpc) is 2.66. The van der Waals surface area contributed by atoms with Gasteiger partial charge in [0, 0.05) is 19.6 Å². The van der Waals surface area contributed by atoms with Crippen molar-refractivity contribution in [1.29, 1.82) is 0 Å². The zero-order valence-corrected chi connectivity index (χ0v) is 21.3. The molecule has 0 saturated carbocycles. The molecule has 0 aromatic heterocycles. The van der Waals surface area contributed by atoms with Crippen LogP contribution >= 0.6 is 24.0 Å². The van der Waals surface area contributed by atoms with Crippen LogP contribution in [0, 0.1) is 0 Å². The van der Waals surface area contributed by atoms with Crippen molar-refractivity contribution >= 4 is 36.0 Å². The molecule has 8 nitrogen and oxygen atoms in total. The third-order valence-corrected chi connectivity index (χ3v) is 3.54. The van der Waals surface area contributed by atoms with Gasteiger partial charge in [0.25, 0.3) is 0 Å². The van der Waals surface area contributed by atoms with Gasteiger partial charge in [0.05, 0.1) is 20.3 Å². The van der Waals surface area contributed by atoms with E-state index in [1.54, 1.807) is 7.11 Å². The molecule has 172 valence electrons. The van der Waals surface area contributed by atoms with Crippen LogP contribution in [0.5, 0.6) is 11.5 Å². The maximum absolute atomic E-state index is 11.7. The molecule has 1 amide bonds. The van der Waals surface area contributed by atoms with Crippen molar-refractivity contribution in [2.45, 2.75) is 53.2 Å². The van der Waals surface area contributed by atoms with Crippen LogP contribution in [-0.2, 0) is 11.3 Å². The number of alkyl carbamates (subject to hydrolysis) is 1. The molecular weight excluding hydrogens is 499 g/mol. The molecule has 0 aliphatic rings. The maximum Gasteiger partial charge on any atom is 0.407 e. The van der Waals surface area contributed by atoms with Crippen molar-refractivity contribution < 1.29 is 19.0 Å². The number of nitrogens with zero attached hydrogens (tertiary/aromatic N) is 1. The molecule has 0 fully saturated rings. The molecule has 0 aliphatic heterocycles. The van der Waals surface area contributed by atoms with Crippen LogP contribution < -0.4 is 25.4 Å². The van der Waals surface area contributed by atoms with Crippen LogP contribution in [0.25, 0.3) is 0 Å². The molecule has 0 aliphatic carbocycles. The standard InChI is InChI=1S/C21H36N4O4.HI/c1-7-13-28-17-10-9-16(14-18(17)27-6)15-25-19(22-8-2)23-11-12-24-20(26)29-21(3,4)5;/h9-10,14H,7-8,11-13,15H2,1-6H3,(H,24,26)(H2,22,23,25);1H. The van der Waals surface area contributed by atoms with Crippen LogP contribution in [0.4, 0.5) is 4.79 Å². The number of guanidine groups is 1. The lowest BCUT2D eigenvalue weighted by Crippen LogP contribution is -2.42. The highest BCUT2D eigenvalue weighted by Crippen LogP contribution is 2.28. The second-order valence-corrected chi connectivity index (χ2v) is 7.38. The molecule has 0 heterocycles. The van der Waals surface area contributed by atoms with Crippen molar-refractivity contribution in [3.05, 3.63) is 23.8 Å².